The van der Waals surface area contributed by atoms with Gasteiger partial charge in [-0.3, -0.25) is 4.55 Å². The van der Waals surface area contributed by atoms with Crippen LogP contribution in [0, 0.1) is 0 Å². The summed E-state index contributed by atoms with van der Waals surface area (Å²) in [6.07, 6.45) is -0.604. The molecule has 0 aliphatic rings. The Morgan fingerprint density at radius 3 is 2.04 bits per heavy atom. The molecule has 2 unspecified atom stereocenters. The van der Waals surface area contributed by atoms with Crippen LogP contribution in [0.4, 0.5) is 0 Å². The second-order valence-electron chi connectivity index (χ2n) is 5.36. The smallest absolute Gasteiger partial charge is 0.261 e. The molecular weight excluding hydrogens is 358 g/mol. The summed E-state index contributed by atoms with van der Waals surface area (Å²) in [7, 11) is -3.67. The SMILES string of the molecule is CCOc1ccccc1OC(c1ccccc1)C(O)CN.CS(=O)(=O)O. The number of nitrogens with two attached hydrogens (primary N) is 1. The zero-order valence-electron chi connectivity index (χ0n) is 14.8. The third kappa shape index (κ3) is 8.30. The molecule has 0 amide bonds. The molecule has 8 heteroatoms. The molecule has 2 atom stereocenters. The summed E-state index contributed by atoms with van der Waals surface area (Å²) < 4.78 is 37.4. The second kappa shape index (κ2) is 10.8. The van der Waals surface area contributed by atoms with E-state index in [0.29, 0.717) is 24.4 Å². The zero-order valence-corrected chi connectivity index (χ0v) is 15.6. The van der Waals surface area contributed by atoms with E-state index in [-0.39, 0.29) is 6.54 Å². The van der Waals surface area contributed by atoms with Crippen molar-refractivity contribution in [1.82, 2.24) is 0 Å². The Balaban J connectivity index is 0.000000597. The van der Waals surface area contributed by atoms with E-state index in [4.69, 9.17) is 19.8 Å². The predicted molar refractivity (Wildman–Crippen MR) is 100.0 cm³/mol. The van der Waals surface area contributed by atoms with Crippen molar-refractivity contribution in [3.63, 3.8) is 0 Å². The van der Waals surface area contributed by atoms with Crippen LogP contribution in [0.5, 0.6) is 11.5 Å². The lowest BCUT2D eigenvalue weighted by atomic mass is 10.0. The van der Waals surface area contributed by atoms with Gasteiger partial charge in [0.1, 0.15) is 6.10 Å². The lowest BCUT2D eigenvalue weighted by Crippen LogP contribution is -2.31. The van der Waals surface area contributed by atoms with Crippen LogP contribution < -0.4 is 15.2 Å². The van der Waals surface area contributed by atoms with Gasteiger partial charge in [0.05, 0.1) is 12.9 Å². The molecule has 0 fully saturated rings. The monoisotopic (exact) mass is 383 g/mol. The van der Waals surface area contributed by atoms with Crippen LogP contribution in [0.15, 0.2) is 54.6 Å². The van der Waals surface area contributed by atoms with E-state index in [1.165, 1.54) is 0 Å². The van der Waals surface area contributed by atoms with Crippen LogP contribution in [0.25, 0.3) is 0 Å². The summed E-state index contributed by atoms with van der Waals surface area (Å²) in [6.45, 7) is 2.59. The molecule has 2 rings (SSSR count). The van der Waals surface area contributed by atoms with Gasteiger partial charge in [-0.2, -0.15) is 8.42 Å². The first kappa shape index (κ1) is 21.9. The number of ether oxygens (including phenoxy) is 2. The van der Waals surface area contributed by atoms with Crippen molar-refractivity contribution < 1.29 is 27.6 Å². The van der Waals surface area contributed by atoms with Gasteiger partial charge in [-0.05, 0) is 24.6 Å². The van der Waals surface area contributed by atoms with Crippen molar-refractivity contribution in [3.05, 3.63) is 60.2 Å². The molecule has 0 radical (unpaired) electrons. The Bertz CT molecular complexity index is 743. The van der Waals surface area contributed by atoms with Gasteiger partial charge in [0.2, 0.25) is 0 Å². The summed E-state index contributed by atoms with van der Waals surface area (Å²) >= 11 is 0. The number of hydrogen-bond donors (Lipinski definition) is 3. The predicted octanol–water partition coefficient (Wildman–Crippen LogP) is 2.03. The fraction of sp³-hybridized carbons (Fsp3) is 0.333. The number of para-hydroxylation sites is 2. The number of rotatable bonds is 7. The van der Waals surface area contributed by atoms with Gasteiger partial charge in [-0.1, -0.05) is 42.5 Å². The number of hydrogen-bond acceptors (Lipinski definition) is 6. The quantitative estimate of drug-likeness (QED) is 0.626. The van der Waals surface area contributed by atoms with E-state index >= 15 is 0 Å². The van der Waals surface area contributed by atoms with E-state index in [2.05, 4.69) is 0 Å². The van der Waals surface area contributed by atoms with Gasteiger partial charge in [0.25, 0.3) is 10.1 Å². The highest BCUT2D eigenvalue weighted by atomic mass is 32.2. The van der Waals surface area contributed by atoms with Crippen LogP contribution in [-0.4, -0.2) is 43.6 Å². The molecular formula is C18H25NO6S. The summed E-state index contributed by atoms with van der Waals surface area (Å²) in [4.78, 5) is 0. The fourth-order valence-electron chi connectivity index (χ4n) is 2.09. The first-order valence-corrected chi connectivity index (χ1v) is 9.85. The second-order valence-corrected chi connectivity index (χ2v) is 6.83. The normalized spacial score (nSPS) is 13.1. The zero-order chi connectivity index (χ0) is 19.6. The molecule has 4 N–H and O–H groups in total. The number of benzene rings is 2. The summed E-state index contributed by atoms with van der Waals surface area (Å²) in [6, 6.07) is 17.0. The molecule has 7 nitrogen and oxygen atoms in total. The van der Waals surface area contributed by atoms with Crippen LogP contribution in [0.1, 0.15) is 18.6 Å². The first-order valence-electron chi connectivity index (χ1n) is 8.00. The Labute approximate surface area is 154 Å². The van der Waals surface area contributed by atoms with E-state index in [1.54, 1.807) is 0 Å². The summed E-state index contributed by atoms with van der Waals surface area (Å²) in [5.74, 6) is 1.26. The van der Waals surface area contributed by atoms with Crippen molar-refractivity contribution in [2.24, 2.45) is 5.73 Å². The third-order valence-corrected chi connectivity index (χ3v) is 3.12. The fourth-order valence-corrected chi connectivity index (χ4v) is 2.09. The molecule has 144 valence electrons. The minimum absolute atomic E-state index is 0.121. The van der Waals surface area contributed by atoms with Crippen molar-refractivity contribution >= 4 is 10.1 Å². The maximum atomic E-state index is 10.2. The van der Waals surface area contributed by atoms with Crippen LogP contribution in [0.3, 0.4) is 0 Å². The van der Waals surface area contributed by atoms with Gasteiger partial charge < -0.3 is 20.3 Å². The molecule has 0 saturated carbocycles. The van der Waals surface area contributed by atoms with E-state index < -0.39 is 22.3 Å². The molecule has 0 aliphatic heterocycles. The average molecular weight is 383 g/mol. The summed E-state index contributed by atoms with van der Waals surface area (Å²) in [5.41, 5.74) is 6.48. The molecule has 0 spiro atoms. The van der Waals surface area contributed by atoms with E-state index in [0.717, 1.165) is 5.56 Å². The first-order chi connectivity index (χ1) is 12.3. The molecule has 0 heterocycles. The highest BCUT2D eigenvalue weighted by Gasteiger charge is 2.23. The average Bonchev–Trinajstić information content (AvgIpc) is 2.60. The molecule has 0 aliphatic carbocycles. The van der Waals surface area contributed by atoms with Gasteiger partial charge in [0, 0.05) is 6.54 Å². The van der Waals surface area contributed by atoms with Crippen molar-refractivity contribution in [2.75, 3.05) is 19.4 Å². The van der Waals surface area contributed by atoms with Gasteiger partial charge in [-0.25, -0.2) is 0 Å². The maximum absolute atomic E-state index is 10.2. The van der Waals surface area contributed by atoms with Crippen molar-refractivity contribution in [3.8, 4) is 11.5 Å². The van der Waals surface area contributed by atoms with E-state index in [1.807, 2.05) is 61.5 Å². The Morgan fingerprint density at radius 1 is 1.04 bits per heavy atom. The summed E-state index contributed by atoms with van der Waals surface area (Å²) in [5, 5.41) is 10.2. The topological polar surface area (TPSA) is 119 Å². The van der Waals surface area contributed by atoms with Gasteiger partial charge in [-0.15, -0.1) is 0 Å². The van der Waals surface area contributed by atoms with Crippen molar-refractivity contribution in [2.45, 2.75) is 19.1 Å². The highest BCUT2D eigenvalue weighted by Crippen LogP contribution is 2.32. The molecule has 2 aromatic carbocycles. The minimum Gasteiger partial charge on any atom is -0.490 e. The Hall–Kier alpha value is -2.13. The molecule has 0 aromatic heterocycles. The maximum Gasteiger partial charge on any atom is 0.261 e. The molecule has 26 heavy (non-hydrogen) atoms. The van der Waals surface area contributed by atoms with Gasteiger partial charge in [0.15, 0.2) is 17.6 Å². The lowest BCUT2D eigenvalue weighted by molar-refractivity contribution is 0.0394. The van der Waals surface area contributed by atoms with Crippen LogP contribution in [0.2, 0.25) is 0 Å². The van der Waals surface area contributed by atoms with Gasteiger partial charge >= 0.3 is 0 Å². The molecule has 2 aromatic rings. The number of aliphatic hydroxyl groups is 1. The van der Waals surface area contributed by atoms with Crippen molar-refractivity contribution in [1.29, 1.82) is 0 Å². The van der Waals surface area contributed by atoms with E-state index in [9.17, 15) is 13.5 Å². The largest absolute Gasteiger partial charge is 0.490 e. The Kier molecular flexibility index (Phi) is 9.08. The molecule has 0 bridgehead atoms. The standard InChI is InChI=1S/C17H21NO3.CH4O3S/c1-2-20-15-10-6-7-11-16(15)21-17(14(19)12-18)13-8-4-3-5-9-13;1-5(2,3)4/h3-11,14,17,19H,2,12,18H2,1H3;1H3,(H,2,3,4). The number of aliphatic hydroxyl groups excluding tert-OH is 1. The molecule has 0 saturated heterocycles. The third-order valence-electron chi connectivity index (χ3n) is 3.12. The van der Waals surface area contributed by atoms with Crippen LogP contribution >= 0.6 is 0 Å². The highest BCUT2D eigenvalue weighted by molar-refractivity contribution is 7.85. The lowest BCUT2D eigenvalue weighted by Gasteiger charge is -2.24. The Morgan fingerprint density at radius 2 is 1.54 bits per heavy atom. The minimum atomic E-state index is -3.67. The van der Waals surface area contributed by atoms with Crippen LogP contribution in [-0.2, 0) is 10.1 Å².